The van der Waals surface area contributed by atoms with Gasteiger partial charge in [0.1, 0.15) is 18.9 Å². The third kappa shape index (κ3) is 13.7. The summed E-state index contributed by atoms with van der Waals surface area (Å²) >= 11 is 0. The van der Waals surface area contributed by atoms with Crippen molar-refractivity contribution in [1.82, 2.24) is 4.98 Å². The number of halogens is 1. The summed E-state index contributed by atoms with van der Waals surface area (Å²) in [7, 11) is 0. The molecule has 0 aliphatic rings. The molecule has 0 bridgehead atoms. The van der Waals surface area contributed by atoms with Gasteiger partial charge in [-0.2, -0.15) is 0 Å². The lowest BCUT2D eigenvalue weighted by molar-refractivity contribution is -0.694. The predicted molar refractivity (Wildman–Crippen MR) is 130 cm³/mol. The van der Waals surface area contributed by atoms with Gasteiger partial charge in [-0.3, -0.25) is 0 Å². The number of aromatic nitrogens is 2. The zero-order valence-corrected chi connectivity index (χ0v) is 21.0. The SMILES string of the molecule is CC(C)CCCCCCCCCCCCCCCc1[nH]cc[n+]1Cc1ccccc1.[Cl-]. The van der Waals surface area contributed by atoms with Gasteiger partial charge in [-0.05, 0) is 17.9 Å². The standard InChI is InChI=1S/C28H46N2.ClH/c1-26(2)19-15-12-10-8-6-4-3-5-7-9-11-13-18-22-28-29-23-24-30(28)25-27-20-16-14-17-21-27;/h14,16-17,20-21,23-24,26H,3-13,15,18-19,22,25H2,1-2H3;1H. The van der Waals surface area contributed by atoms with Gasteiger partial charge in [0, 0.05) is 6.42 Å². The highest BCUT2D eigenvalue weighted by Gasteiger charge is 2.10. The van der Waals surface area contributed by atoms with Crippen molar-refractivity contribution in [3.63, 3.8) is 0 Å². The predicted octanol–water partition coefficient (Wildman–Crippen LogP) is 5.01. The summed E-state index contributed by atoms with van der Waals surface area (Å²) in [5, 5.41) is 0. The summed E-state index contributed by atoms with van der Waals surface area (Å²) in [6.45, 7) is 5.64. The number of aromatic amines is 1. The Balaban J connectivity index is 0.00000480. The lowest BCUT2D eigenvalue weighted by atomic mass is 10.0. The smallest absolute Gasteiger partial charge is 0.254 e. The third-order valence-corrected chi connectivity index (χ3v) is 6.24. The minimum absolute atomic E-state index is 0. The van der Waals surface area contributed by atoms with Gasteiger partial charge in [-0.25, -0.2) is 9.55 Å². The molecule has 1 N–H and O–H groups in total. The van der Waals surface area contributed by atoms with Crippen LogP contribution in [0.2, 0.25) is 0 Å². The van der Waals surface area contributed by atoms with E-state index in [0.29, 0.717) is 0 Å². The van der Waals surface area contributed by atoms with E-state index in [2.05, 4.69) is 66.1 Å². The number of hydrogen-bond donors (Lipinski definition) is 1. The number of aryl methyl sites for hydroxylation is 1. The molecule has 1 aromatic carbocycles. The van der Waals surface area contributed by atoms with Crippen LogP contribution in [0.1, 0.15) is 115 Å². The zero-order valence-electron chi connectivity index (χ0n) is 20.3. The fraction of sp³-hybridized carbons (Fsp3) is 0.679. The average molecular weight is 447 g/mol. The number of rotatable bonds is 18. The van der Waals surface area contributed by atoms with Gasteiger partial charge in [0.25, 0.3) is 5.82 Å². The van der Waals surface area contributed by atoms with Crippen molar-refractivity contribution in [1.29, 1.82) is 0 Å². The van der Waals surface area contributed by atoms with E-state index in [1.165, 1.54) is 101 Å². The summed E-state index contributed by atoms with van der Waals surface area (Å²) in [5.74, 6) is 2.25. The second-order valence-corrected chi connectivity index (χ2v) is 9.55. The summed E-state index contributed by atoms with van der Waals surface area (Å²) in [6, 6.07) is 10.7. The van der Waals surface area contributed by atoms with Crippen molar-refractivity contribution < 1.29 is 17.0 Å². The van der Waals surface area contributed by atoms with E-state index in [4.69, 9.17) is 0 Å². The Morgan fingerprint density at radius 3 is 1.77 bits per heavy atom. The monoisotopic (exact) mass is 446 g/mol. The van der Waals surface area contributed by atoms with Crippen molar-refractivity contribution in [2.75, 3.05) is 0 Å². The molecule has 0 saturated heterocycles. The maximum Gasteiger partial charge on any atom is 0.254 e. The van der Waals surface area contributed by atoms with Crippen molar-refractivity contribution >= 4 is 0 Å². The van der Waals surface area contributed by atoms with E-state index in [9.17, 15) is 0 Å². The van der Waals surface area contributed by atoms with E-state index >= 15 is 0 Å². The molecule has 0 amide bonds. The molecule has 1 heterocycles. The maximum atomic E-state index is 3.44. The van der Waals surface area contributed by atoms with Crippen LogP contribution in [-0.2, 0) is 13.0 Å². The molecule has 3 heteroatoms. The first-order valence-electron chi connectivity index (χ1n) is 12.9. The summed E-state index contributed by atoms with van der Waals surface area (Å²) in [5.41, 5.74) is 1.37. The molecule has 176 valence electrons. The Morgan fingerprint density at radius 2 is 1.23 bits per heavy atom. The van der Waals surface area contributed by atoms with Crippen LogP contribution in [-0.4, -0.2) is 4.98 Å². The van der Waals surface area contributed by atoms with Gasteiger partial charge in [0.05, 0.1) is 0 Å². The normalized spacial score (nSPS) is 11.1. The largest absolute Gasteiger partial charge is 1.00 e. The minimum atomic E-state index is 0. The Hall–Kier alpha value is -1.28. The molecule has 0 fully saturated rings. The van der Waals surface area contributed by atoms with Gasteiger partial charge in [0.15, 0.2) is 0 Å². The minimum Gasteiger partial charge on any atom is -1.00 e. The highest BCUT2D eigenvalue weighted by molar-refractivity contribution is 5.13. The molecule has 1 aromatic heterocycles. The van der Waals surface area contributed by atoms with Crippen LogP contribution < -0.4 is 17.0 Å². The van der Waals surface area contributed by atoms with E-state index < -0.39 is 0 Å². The number of nitrogens with one attached hydrogen (secondary N) is 1. The molecule has 0 saturated carbocycles. The fourth-order valence-electron chi connectivity index (χ4n) is 4.33. The molecule has 0 atom stereocenters. The van der Waals surface area contributed by atoms with Crippen molar-refractivity contribution in [3.05, 3.63) is 54.1 Å². The Labute approximate surface area is 198 Å². The first kappa shape index (κ1) is 27.8. The Morgan fingerprint density at radius 1 is 0.710 bits per heavy atom. The molecule has 0 radical (unpaired) electrons. The van der Waals surface area contributed by atoms with Crippen molar-refractivity contribution in [2.24, 2.45) is 5.92 Å². The molecular formula is C28H47ClN2. The highest BCUT2D eigenvalue weighted by atomic mass is 35.5. The quantitative estimate of drug-likeness (QED) is 0.245. The number of imidazole rings is 1. The van der Waals surface area contributed by atoms with Crippen LogP contribution in [0, 0.1) is 5.92 Å². The molecule has 0 unspecified atom stereocenters. The van der Waals surface area contributed by atoms with Crippen LogP contribution in [0.5, 0.6) is 0 Å². The van der Waals surface area contributed by atoms with Crippen LogP contribution in [0.25, 0.3) is 0 Å². The van der Waals surface area contributed by atoms with Crippen LogP contribution in [0.3, 0.4) is 0 Å². The lowest BCUT2D eigenvalue weighted by Gasteiger charge is -2.05. The second-order valence-electron chi connectivity index (χ2n) is 9.55. The van der Waals surface area contributed by atoms with E-state index in [-0.39, 0.29) is 12.4 Å². The van der Waals surface area contributed by atoms with Crippen LogP contribution in [0.4, 0.5) is 0 Å². The highest BCUT2D eigenvalue weighted by Crippen LogP contribution is 2.14. The van der Waals surface area contributed by atoms with Gasteiger partial charge in [0.2, 0.25) is 0 Å². The van der Waals surface area contributed by atoms with Gasteiger partial charge in [-0.15, -0.1) is 0 Å². The first-order chi connectivity index (χ1) is 14.8. The van der Waals surface area contributed by atoms with Crippen LogP contribution >= 0.6 is 0 Å². The molecular weight excluding hydrogens is 400 g/mol. The van der Waals surface area contributed by atoms with Crippen LogP contribution in [0.15, 0.2) is 42.7 Å². The topological polar surface area (TPSA) is 19.7 Å². The number of H-pyrrole nitrogens is 1. The first-order valence-corrected chi connectivity index (χ1v) is 12.9. The fourth-order valence-corrected chi connectivity index (χ4v) is 4.33. The van der Waals surface area contributed by atoms with Crippen molar-refractivity contribution in [2.45, 2.75) is 117 Å². The van der Waals surface area contributed by atoms with Gasteiger partial charge < -0.3 is 12.4 Å². The van der Waals surface area contributed by atoms with Gasteiger partial charge >= 0.3 is 0 Å². The molecule has 2 rings (SSSR count). The molecule has 0 aliphatic heterocycles. The molecule has 2 nitrogen and oxygen atoms in total. The maximum absolute atomic E-state index is 3.44. The molecule has 0 aliphatic carbocycles. The summed E-state index contributed by atoms with van der Waals surface area (Å²) < 4.78 is 2.36. The number of benzene rings is 1. The van der Waals surface area contributed by atoms with Crippen molar-refractivity contribution in [3.8, 4) is 0 Å². The molecule has 31 heavy (non-hydrogen) atoms. The second kappa shape index (κ2) is 18.3. The zero-order chi connectivity index (χ0) is 21.3. The molecule has 0 spiro atoms. The Kier molecular flexibility index (Phi) is 16.4. The van der Waals surface area contributed by atoms with E-state index in [0.717, 1.165) is 18.9 Å². The van der Waals surface area contributed by atoms with E-state index in [1.54, 1.807) is 0 Å². The van der Waals surface area contributed by atoms with E-state index in [1.807, 2.05) is 0 Å². The average Bonchev–Trinajstić information content (AvgIpc) is 3.18. The summed E-state index contributed by atoms with van der Waals surface area (Å²) in [6.07, 6.45) is 25.4. The van der Waals surface area contributed by atoms with Gasteiger partial charge in [-0.1, -0.05) is 128 Å². The Bertz CT molecular complexity index is 635. The number of nitrogens with zero attached hydrogens (tertiary/aromatic N) is 1. The lowest BCUT2D eigenvalue weighted by Crippen LogP contribution is -3.00. The number of unbranched alkanes of at least 4 members (excludes halogenated alkanes) is 12. The number of hydrogen-bond acceptors (Lipinski definition) is 0. The third-order valence-electron chi connectivity index (χ3n) is 6.24. The molecule has 2 aromatic rings. The summed E-state index contributed by atoms with van der Waals surface area (Å²) in [4.78, 5) is 3.44.